The average molecular weight is 588 g/mol. The second-order valence-corrected chi connectivity index (χ2v) is 14.4. The van der Waals surface area contributed by atoms with E-state index in [-0.39, 0.29) is 49.0 Å². The fraction of sp³-hybridized carbons (Fsp3) is 0.586. The van der Waals surface area contributed by atoms with Crippen LogP contribution in [0.25, 0.3) is 22.4 Å². The smallest absolute Gasteiger partial charge is 0.278 e. The summed E-state index contributed by atoms with van der Waals surface area (Å²) < 4.78 is 44.3. The number of benzene rings is 1. The number of fused-ring (bicyclic) bond motifs is 1. The molecule has 1 aromatic carbocycles. The maximum absolute atomic E-state index is 15.1. The van der Waals surface area contributed by atoms with E-state index in [1.165, 1.54) is 12.1 Å². The summed E-state index contributed by atoms with van der Waals surface area (Å²) in [7, 11) is 0.547. The van der Waals surface area contributed by atoms with Crippen molar-refractivity contribution in [3.05, 3.63) is 40.6 Å². The molecular formula is C29H42FN7O3S. The lowest BCUT2D eigenvalue weighted by molar-refractivity contribution is 0.221. The SMILES string of the molecule is CC(C)n1c(=O)c(-c2ccc(NS(=O)(=O)CC3CC34CC4)c(F)c2)nc2cnc(NC3CCC(N(C)C)CC3)nc21.[HH].[HH]. The Labute approximate surface area is 242 Å². The van der Waals surface area contributed by atoms with Crippen LogP contribution in [0.15, 0.2) is 29.2 Å². The summed E-state index contributed by atoms with van der Waals surface area (Å²) >= 11 is 0. The predicted molar refractivity (Wildman–Crippen MR) is 162 cm³/mol. The molecule has 0 aliphatic heterocycles. The van der Waals surface area contributed by atoms with E-state index in [1.54, 1.807) is 10.8 Å². The molecule has 3 aliphatic carbocycles. The summed E-state index contributed by atoms with van der Waals surface area (Å²) in [5.74, 6) is -0.140. The molecule has 6 rings (SSSR count). The van der Waals surface area contributed by atoms with E-state index in [0.717, 1.165) is 51.0 Å². The van der Waals surface area contributed by atoms with E-state index in [2.05, 4.69) is 44.0 Å². The van der Waals surface area contributed by atoms with Crippen molar-refractivity contribution in [1.82, 2.24) is 24.4 Å². The Hall–Kier alpha value is -3.12. The van der Waals surface area contributed by atoms with E-state index in [0.29, 0.717) is 23.2 Å². The molecule has 1 spiro atoms. The number of nitrogens with zero attached hydrogens (tertiary/aromatic N) is 5. The van der Waals surface area contributed by atoms with Crippen LogP contribution in [0.5, 0.6) is 0 Å². The molecule has 10 nitrogen and oxygen atoms in total. The maximum Gasteiger partial charge on any atom is 0.278 e. The van der Waals surface area contributed by atoms with Crippen LogP contribution in [0.1, 0.15) is 67.7 Å². The number of aromatic nitrogens is 4. The predicted octanol–water partition coefficient (Wildman–Crippen LogP) is 4.89. The van der Waals surface area contributed by atoms with E-state index in [1.807, 2.05) is 13.8 Å². The van der Waals surface area contributed by atoms with Crippen molar-refractivity contribution in [2.24, 2.45) is 11.3 Å². The molecule has 0 bridgehead atoms. The van der Waals surface area contributed by atoms with Gasteiger partial charge in [0.15, 0.2) is 5.65 Å². The largest absolute Gasteiger partial charge is 0.351 e. The van der Waals surface area contributed by atoms with Gasteiger partial charge in [-0.15, -0.1) is 0 Å². The van der Waals surface area contributed by atoms with Gasteiger partial charge >= 0.3 is 0 Å². The fourth-order valence-electron chi connectivity index (χ4n) is 6.32. The summed E-state index contributed by atoms with van der Waals surface area (Å²) in [6, 6.07) is 4.61. The van der Waals surface area contributed by atoms with Crippen LogP contribution in [0.2, 0.25) is 0 Å². The van der Waals surface area contributed by atoms with E-state index in [9.17, 15) is 13.2 Å². The molecule has 0 saturated heterocycles. The van der Waals surface area contributed by atoms with Crippen LogP contribution < -0.4 is 15.6 Å². The zero-order valence-corrected chi connectivity index (χ0v) is 24.8. The molecule has 3 saturated carbocycles. The molecule has 2 N–H and O–H groups in total. The first-order valence-corrected chi connectivity index (χ1v) is 16.1. The van der Waals surface area contributed by atoms with Crippen molar-refractivity contribution in [1.29, 1.82) is 0 Å². The Morgan fingerprint density at radius 1 is 1.17 bits per heavy atom. The minimum atomic E-state index is -3.68. The minimum Gasteiger partial charge on any atom is -0.351 e. The van der Waals surface area contributed by atoms with Gasteiger partial charge in [0.05, 0.1) is 17.6 Å². The third-order valence-electron chi connectivity index (χ3n) is 9.09. The van der Waals surface area contributed by atoms with Crippen molar-refractivity contribution in [3.8, 4) is 11.3 Å². The number of hydrogen-bond donors (Lipinski definition) is 2. The normalized spacial score (nSPS) is 23.3. The van der Waals surface area contributed by atoms with Crippen LogP contribution in [-0.2, 0) is 10.0 Å². The summed E-state index contributed by atoms with van der Waals surface area (Å²) in [6.45, 7) is 3.76. The van der Waals surface area contributed by atoms with Gasteiger partial charge in [-0.2, -0.15) is 4.98 Å². The molecule has 0 radical (unpaired) electrons. The second-order valence-electron chi connectivity index (χ2n) is 12.6. The van der Waals surface area contributed by atoms with Crippen LogP contribution in [0.4, 0.5) is 16.0 Å². The quantitative estimate of drug-likeness (QED) is 0.363. The Kier molecular flexibility index (Phi) is 7.04. The summed E-state index contributed by atoms with van der Waals surface area (Å²) in [6.07, 6.45) is 8.91. The molecule has 0 amide bonds. The number of rotatable bonds is 9. The van der Waals surface area contributed by atoms with Crippen molar-refractivity contribution in [3.63, 3.8) is 0 Å². The lowest BCUT2D eigenvalue weighted by Crippen LogP contribution is -2.36. The highest BCUT2D eigenvalue weighted by Gasteiger charge is 2.63. The highest BCUT2D eigenvalue weighted by Crippen LogP contribution is 2.70. The van der Waals surface area contributed by atoms with Gasteiger partial charge in [-0.25, -0.2) is 22.8 Å². The fourth-order valence-corrected chi connectivity index (χ4v) is 7.90. The van der Waals surface area contributed by atoms with Gasteiger partial charge in [0.25, 0.3) is 5.56 Å². The third kappa shape index (κ3) is 5.68. The van der Waals surface area contributed by atoms with Crippen molar-refractivity contribution in [2.45, 2.75) is 76.9 Å². The van der Waals surface area contributed by atoms with Gasteiger partial charge in [-0.1, -0.05) is 6.07 Å². The molecule has 224 valence electrons. The van der Waals surface area contributed by atoms with Gasteiger partial charge in [0.1, 0.15) is 17.0 Å². The molecule has 12 heteroatoms. The molecule has 3 fully saturated rings. The van der Waals surface area contributed by atoms with Crippen LogP contribution in [-0.4, -0.2) is 64.8 Å². The highest BCUT2D eigenvalue weighted by molar-refractivity contribution is 7.92. The summed E-state index contributed by atoms with van der Waals surface area (Å²) in [5.41, 5.74) is 0.833. The van der Waals surface area contributed by atoms with Crippen molar-refractivity contribution in [2.75, 3.05) is 29.9 Å². The van der Waals surface area contributed by atoms with Gasteiger partial charge < -0.3 is 10.2 Å². The lowest BCUT2D eigenvalue weighted by atomic mass is 9.91. The molecule has 3 aromatic rings. The average Bonchev–Trinajstić information content (AvgIpc) is 3.83. The van der Waals surface area contributed by atoms with Gasteiger partial charge in [-0.3, -0.25) is 14.1 Å². The number of hydrogen-bond acceptors (Lipinski definition) is 8. The molecule has 1 atom stereocenters. The number of anilines is 2. The summed E-state index contributed by atoms with van der Waals surface area (Å²) in [4.78, 5) is 29.6. The number of sulfonamides is 1. The molecule has 2 aromatic heterocycles. The zero-order chi connectivity index (χ0) is 29.1. The first-order chi connectivity index (χ1) is 19.4. The topological polar surface area (TPSA) is 122 Å². The standard InChI is InChI=1S/C29H38FN7O3S.2H2/c1-17(2)37-26-24(15-31-28(34-26)32-20-6-8-21(9-7-20)36(3)4)33-25(27(37)38)18-5-10-23(22(30)13-18)35-41(39,40)16-19-14-29(19)11-12-29;;/h5,10,13,15,17,19-21,35H,6-9,11-12,14,16H2,1-4H3,(H,31,32,34);2*1H. The molecule has 3 aliphatic rings. The van der Waals surface area contributed by atoms with Crippen LogP contribution >= 0.6 is 0 Å². The van der Waals surface area contributed by atoms with Gasteiger partial charge in [0.2, 0.25) is 16.0 Å². The van der Waals surface area contributed by atoms with E-state index >= 15 is 4.39 Å². The van der Waals surface area contributed by atoms with Gasteiger partial charge in [-0.05, 0) is 96.4 Å². The number of halogens is 1. The molecular weight excluding hydrogens is 545 g/mol. The Bertz CT molecular complexity index is 1660. The Morgan fingerprint density at radius 3 is 2.51 bits per heavy atom. The maximum atomic E-state index is 15.1. The molecule has 1 unspecified atom stereocenters. The van der Waals surface area contributed by atoms with Crippen LogP contribution in [0.3, 0.4) is 0 Å². The number of nitrogens with one attached hydrogen (secondary N) is 2. The first-order valence-electron chi connectivity index (χ1n) is 14.5. The molecule has 41 heavy (non-hydrogen) atoms. The third-order valence-corrected chi connectivity index (χ3v) is 10.5. The van der Waals surface area contributed by atoms with E-state index in [4.69, 9.17) is 0 Å². The summed E-state index contributed by atoms with van der Waals surface area (Å²) in [5, 5.41) is 3.43. The minimum absolute atomic E-state index is 0. The van der Waals surface area contributed by atoms with Gasteiger partial charge in [0, 0.05) is 26.5 Å². The van der Waals surface area contributed by atoms with Crippen LogP contribution in [0, 0.1) is 17.2 Å². The Balaban J connectivity index is 0.00000212. The lowest BCUT2D eigenvalue weighted by Gasteiger charge is -2.32. The first kappa shape index (κ1) is 28.0. The molecule has 2 heterocycles. The second kappa shape index (κ2) is 10.3. The Morgan fingerprint density at radius 2 is 1.90 bits per heavy atom. The monoisotopic (exact) mass is 587 g/mol. The van der Waals surface area contributed by atoms with Crippen molar-refractivity contribution < 1.29 is 15.7 Å². The highest BCUT2D eigenvalue weighted by atomic mass is 32.2. The van der Waals surface area contributed by atoms with E-state index < -0.39 is 21.4 Å². The van der Waals surface area contributed by atoms with Crippen molar-refractivity contribution >= 4 is 32.8 Å². The zero-order valence-electron chi connectivity index (χ0n) is 24.0.